The van der Waals surface area contributed by atoms with Crippen molar-refractivity contribution in [3.63, 3.8) is 0 Å². The van der Waals surface area contributed by atoms with E-state index in [0.29, 0.717) is 19.5 Å². The van der Waals surface area contributed by atoms with E-state index in [2.05, 4.69) is 21.2 Å². The SMILES string of the molecule is Cc1cc(Br)ccc1N1CCC(C(=O)NCCc2ccccc2)C1=O. The van der Waals surface area contributed by atoms with Gasteiger partial charge in [0.2, 0.25) is 11.8 Å². The lowest BCUT2D eigenvalue weighted by atomic mass is 10.1. The quantitative estimate of drug-likeness (QED) is 0.781. The van der Waals surface area contributed by atoms with Gasteiger partial charge in [0.25, 0.3) is 0 Å². The number of aryl methyl sites for hydroxylation is 1. The smallest absolute Gasteiger partial charge is 0.239 e. The van der Waals surface area contributed by atoms with E-state index in [1.165, 1.54) is 5.56 Å². The summed E-state index contributed by atoms with van der Waals surface area (Å²) in [6.45, 7) is 3.10. The first kappa shape index (κ1) is 17.7. The van der Waals surface area contributed by atoms with Crippen LogP contribution in [0.3, 0.4) is 0 Å². The molecule has 130 valence electrons. The third-order valence-corrected chi connectivity index (χ3v) is 5.02. The van der Waals surface area contributed by atoms with Crippen LogP contribution in [0.2, 0.25) is 0 Å². The zero-order valence-electron chi connectivity index (χ0n) is 14.2. The molecule has 1 aliphatic rings. The lowest BCUT2D eigenvalue weighted by Crippen LogP contribution is -2.37. The summed E-state index contributed by atoms with van der Waals surface area (Å²) in [5.74, 6) is -0.861. The van der Waals surface area contributed by atoms with Crippen molar-refractivity contribution in [2.24, 2.45) is 5.92 Å². The topological polar surface area (TPSA) is 49.4 Å². The molecule has 3 rings (SSSR count). The van der Waals surface area contributed by atoms with Gasteiger partial charge in [0.1, 0.15) is 5.92 Å². The number of carbonyl (C=O) groups is 2. The normalized spacial score (nSPS) is 17.0. The fourth-order valence-corrected chi connectivity index (χ4v) is 3.66. The third kappa shape index (κ3) is 4.10. The maximum Gasteiger partial charge on any atom is 0.239 e. The molecule has 1 atom stereocenters. The number of nitrogens with zero attached hydrogens (tertiary/aromatic N) is 1. The molecule has 5 heteroatoms. The summed E-state index contributed by atoms with van der Waals surface area (Å²) < 4.78 is 0.982. The minimum absolute atomic E-state index is 0.109. The summed E-state index contributed by atoms with van der Waals surface area (Å²) >= 11 is 3.44. The molecule has 1 fully saturated rings. The van der Waals surface area contributed by atoms with Crippen LogP contribution in [0.15, 0.2) is 53.0 Å². The van der Waals surface area contributed by atoms with Crippen LogP contribution in [0.4, 0.5) is 5.69 Å². The van der Waals surface area contributed by atoms with Gasteiger partial charge in [-0.3, -0.25) is 9.59 Å². The summed E-state index contributed by atoms with van der Waals surface area (Å²) in [6.07, 6.45) is 1.33. The van der Waals surface area contributed by atoms with Crippen LogP contribution in [0.25, 0.3) is 0 Å². The Morgan fingerprint density at radius 3 is 2.72 bits per heavy atom. The molecule has 0 radical (unpaired) electrons. The molecule has 25 heavy (non-hydrogen) atoms. The van der Waals surface area contributed by atoms with Crippen LogP contribution in [-0.4, -0.2) is 24.9 Å². The second-order valence-corrected chi connectivity index (χ2v) is 7.20. The molecule has 4 nitrogen and oxygen atoms in total. The predicted molar refractivity (Wildman–Crippen MR) is 102 cm³/mol. The van der Waals surface area contributed by atoms with Crippen molar-refractivity contribution in [1.82, 2.24) is 5.32 Å². The van der Waals surface area contributed by atoms with Crippen molar-refractivity contribution in [3.8, 4) is 0 Å². The van der Waals surface area contributed by atoms with E-state index in [1.807, 2.05) is 55.5 Å². The average Bonchev–Trinajstić information content (AvgIpc) is 2.97. The number of anilines is 1. The van der Waals surface area contributed by atoms with Gasteiger partial charge in [-0.15, -0.1) is 0 Å². The Balaban J connectivity index is 1.58. The Labute approximate surface area is 156 Å². The highest BCUT2D eigenvalue weighted by atomic mass is 79.9. The van der Waals surface area contributed by atoms with Crippen LogP contribution in [-0.2, 0) is 16.0 Å². The Morgan fingerprint density at radius 2 is 2.00 bits per heavy atom. The molecule has 2 aromatic rings. The van der Waals surface area contributed by atoms with Crippen LogP contribution < -0.4 is 10.2 Å². The Bertz CT molecular complexity index is 777. The number of hydrogen-bond acceptors (Lipinski definition) is 2. The van der Waals surface area contributed by atoms with Gasteiger partial charge < -0.3 is 10.2 Å². The molecule has 1 N–H and O–H groups in total. The van der Waals surface area contributed by atoms with Gasteiger partial charge in [-0.1, -0.05) is 46.3 Å². The minimum Gasteiger partial charge on any atom is -0.355 e. The third-order valence-electron chi connectivity index (χ3n) is 4.53. The second-order valence-electron chi connectivity index (χ2n) is 6.29. The fourth-order valence-electron chi connectivity index (χ4n) is 3.18. The van der Waals surface area contributed by atoms with Gasteiger partial charge in [0, 0.05) is 23.2 Å². The van der Waals surface area contributed by atoms with Gasteiger partial charge in [-0.05, 0) is 49.1 Å². The molecule has 1 saturated heterocycles. The molecule has 0 aliphatic carbocycles. The van der Waals surface area contributed by atoms with Crippen molar-refractivity contribution in [1.29, 1.82) is 0 Å². The molecule has 0 saturated carbocycles. The van der Waals surface area contributed by atoms with Crippen molar-refractivity contribution >= 4 is 33.4 Å². The van der Waals surface area contributed by atoms with Crippen LogP contribution in [0, 0.1) is 12.8 Å². The monoisotopic (exact) mass is 400 g/mol. The summed E-state index contributed by atoms with van der Waals surface area (Å²) in [7, 11) is 0. The first-order chi connectivity index (χ1) is 12.1. The van der Waals surface area contributed by atoms with Crippen LogP contribution in [0.5, 0.6) is 0 Å². The molecule has 0 spiro atoms. The highest BCUT2D eigenvalue weighted by Gasteiger charge is 2.37. The van der Waals surface area contributed by atoms with Crippen LogP contribution in [0.1, 0.15) is 17.5 Å². The highest BCUT2D eigenvalue weighted by Crippen LogP contribution is 2.29. The standard InChI is InChI=1S/C20H21BrN2O2/c1-14-13-16(21)7-8-18(14)23-12-10-17(20(23)25)19(24)22-11-9-15-5-3-2-4-6-15/h2-8,13,17H,9-12H2,1H3,(H,22,24). The highest BCUT2D eigenvalue weighted by molar-refractivity contribution is 9.10. The first-order valence-electron chi connectivity index (χ1n) is 8.45. The molecule has 2 amide bonds. The molecule has 1 aliphatic heterocycles. The average molecular weight is 401 g/mol. The van der Waals surface area contributed by atoms with Gasteiger partial charge >= 0.3 is 0 Å². The first-order valence-corrected chi connectivity index (χ1v) is 9.25. The van der Waals surface area contributed by atoms with Gasteiger partial charge in [0.05, 0.1) is 0 Å². The van der Waals surface area contributed by atoms with E-state index in [-0.39, 0.29) is 11.8 Å². The van der Waals surface area contributed by atoms with E-state index in [1.54, 1.807) is 4.90 Å². The lowest BCUT2D eigenvalue weighted by Gasteiger charge is -2.19. The van der Waals surface area contributed by atoms with Crippen molar-refractivity contribution in [2.75, 3.05) is 18.0 Å². The maximum atomic E-state index is 12.7. The molecule has 1 unspecified atom stereocenters. The largest absolute Gasteiger partial charge is 0.355 e. The Kier molecular flexibility index (Phi) is 5.53. The number of hydrogen-bond donors (Lipinski definition) is 1. The number of amides is 2. The molecule has 1 heterocycles. The van der Waals surface area contributed by atoms with E-state index in [0.717, 1.165) is 22.1 Å². The Hall–Kier alpha value is -2.14. The summed E-state index contributed by atoms with van der Waals surface area (Å²) in [4.78, 5) is 26.8. The van der Waals surface area contributed by atoms with Crippen LogP contribution >= 0.6 is 15.9 Å². The van der Waals surface area contributed by atoms with Crippen molar-refractivity contribution in [2.45, 2.75) is 19.8 Å². The predicted octanol–water partition coefficient (Wildman–Crippen LogP) is 3.47. The van der Waals surface area contributed by atoms with Gasteiger partial charge in [-0.2, -0.15) is 0 Å². The minimum atomic E-state index is -0.584. The number of carbonyl (C=O) groups excluding carboxylic acids is 2. The zero-order valence-corrected chi connectivity index (χ0v) is 15.8. The van der Waals surface area contributed by atoms with Crippen molar-refractivity contribution < 1.29 is 9.59 Å². The van der Waals surface area contributed by atoms with E-state index < -0.39 is 5.92 Å². The number of rotatable bonds is 5. The Morgan fingerprint density at radius 1 is 1.24 bits per heavy atom. The molecule has 2 aromatic carbocycles. The van der Waals surface area contributed by atoms with Crippen molar-refractivity contribution in [3.05, 3.63) is 64.1 Å². The summed E-state index contributed by atoms with van der Waals surface area (Å²) in [5.41, 5.74) is 3.08. The molecular formula is C20H21BrN2O2. The number of nitrogens with one attached hydrogen (secondary N) is 1. The number of benzene rings is 2. The molecular weight excluding hydrogens is 380 g/mol. The van der Waals surface area contributed by atoms with E-state index in [4.69, 9.17) is 0 Å². The van der Waals surface area contributed by atoms with Gasteiger partial charge in [0.15, 0.2) is 0 Å². The van der Waals surface area contributed by atoms with E-state index in [9.17, 15) is 9.59 Å². The number of halogens is 1. The lowest BCUT2D eigenvalue weighted by molar-refractivity contribution is -0.132. The maximum absolute atomic E-state index is 12.7. The fraction of sp³-hybridized carbons (Fsp3) is 0.300. The summed E-state index contributed by atoms with van der Waals surface area (Å²) in [6, 6.07) is 15.8. The van der Waals surface area contributed by atoms with E-state index >= 15 is 0 Å². The molecule has 0 bridgehead atoms. The molecule has 0 aromatic heterocycles. The second kappa shape index (κ2) is 7.83. The summed E-state index contributed by atoms with van der Waals surface area (Å²) in [5, 5.41) is 2.91. The zero-order chi connectivity index (χ0) is 17.8. The van der Waals surface area contributed by atoms with Gasteiger partial charge in [-0.25, -0.2) is 0 Å².